The first kappa shape index (κ1) is 25.0. The molecule has 0 spiro atoms. The van der Waals surface area contributed by atoms with Gasteiger partial charge in [-0.2, -0.15) is 0 Å². The lowest BCUT2D eigenvalue weighted by Crippen LogP contribution is -2.38. The molecule has 0 saturated carbocycles. The van der Waals surface area contributed by atoms with E-state index in [4.69, 9.17) is 14.5 Å². The summed E-state index contributed by atoms with van der Waals surface area (Å²) in [4.78, 5) is 6.89. The summed E-state index contributed by atoms with van der Waals surface area (Å²) in [5.74, 6) is 1.43. The number of benzene rings is 1. The van der Waals surface area contributed by atoms with Crippen LogP contribution in [0.15, 0.2) is 23.2 Å². The van der Waals surface area contributed by atoms with E-state index >= 15 is 0 Å². The second-order valence-electron chi connectivity index (χ2n) is 7.31. The monoisotopic (exact) mass is 504 g/mol. The minimum Gasteiger partial charge on any atom is -0.381 e. The molecule has 1 saturated heterocycles. The van der Waals surface area contributed by atoms with Gasteiger partial charge in [0, 0.05) is 52.0 Å². The van der Waals surface area contributed by atoms with Crippen molar-refractivity contribution in [2.45, 2.75) is 33.2 Å². The van der Waals surface area contributed by atoms with Crippen molar-refractivity contribution in [2.75, 3.05) is 58.5 Å². The quantitative estimate of drug-likeness (QED) is 0.222. The van der Waals surface area contributed by atoms with Gasteiger partial charge in [-0.1, -0.05) is 12.1 Å². The number of hydrogen-bond acceptors (Lipinski definition) is 4. The fourth-order valence-corrected chi connectivity index (χ4v) is 3.08. The molecule has 2 rings (SSSR count). The van der Waals surface area contributed by atoms with E-state index in [1.807, 2.05) is 0 Å². The maximum Gasteiger partial charge on any atom is 0.191 e. The summed E-state index contributed by atoms with van der Waals surface area (Å²) in [6.45, 7) is 9.87. The molecule has 0 amide bonds. The number of nitrogens with zero attached hydrogens (tertiary/aromatic N) is 2. The van der Waals surface area contributed by atoms with Crippen LogP contribution in [0.3, 0.4) is 0 Å². The molecule has 1 heterocycles. The van der Waals surface area contributed by atoms with E-state index in [0.29, 0.717) is 12.5 Å². The molecular formula is C21H37IN4O2. The van der Waals surface area contributed by atoms with Gasteiger partial charge in [-0.3, -0.25) is 0 Å². The summed E-state index contributed by atoms with van der Waals surface area (Å²) < 4.78 is 11.1. The van der Waals surface area contributed by atoms with Crippen LogP contribution < -0.4 is 15.5 Å². The number of hydrogen-bond donors (Lipinski definition) is 2. The zero-order valence-corrected chi connectivity index (χ0v) is 20.1. The molecule has 1 aliphatic rings. The highest BCUT2D eigenvalue weighted by atomic mass is 127. The molecule has 1 fully saturated rings. The van der Waals surface area contributed by atoms with Crippen LogP contribution in [0, 0.1) is 12.8 Å². The van der Waals surface area contributed by atoms with Crippen LogP contribution in [-0.4, -0.2) is 59.6 Å². The van der Waals surface area contributed by atoms with Crippen molar-refractivity contribution in [3.05, 3.63) is 29.3 Å². The number of aliphatic imine (C=N–C) groups is 1. The number of ether oxygens (including phenoxy) is 2. The number of aryl methyl sites for hydroxylation is 1. The van der Waals surface area contributed by atoms with Crippen LogP contribution in [0.25, 0.3) is 0 Å². The SMILES string of the molecule is CCNC(=NCc1ccc(C)cc1N(C)C)NCCCOCC1CCOC1.I. The van der Waals surface area contributed by atoms with Crippen molar-refractivity contribution < 1.29 is 9.47 Å². The molecule has 2 N–H and O–H groups in total. The smallest absolute Gasteiger partial charge is 0.191 e. The number of nitrogens with one attached hydrogen (secondary N) is 2. The Morgan fingerprint density at radius 2 is 2.14 bits per heavy atom. The van der Waals surface area contributed by atoms with Gasteiger partial charge in [0.1, 0.15) is 0 Å². The lowest BCUT2D eigenvalue weighted by Gasteiger charge is -2.18. The lowest BCUT2D eigenvalue weighted by molar-refractivity contribution is 0.0888. The summed E-state index contributed by atoms with van der Waals surface area (Å²) in [6.07, 6.45) is 2.09. The maximum atomic E-state index is 5.76. The Kier molecular flexibility index (Phi) is 12.5. The minimum absolute atomic E-state index is 0. The molecule has 28 heavy (non-hydrogen) atoms. The van der Waals surface area contributed by atoms with Gasteiger partial charge in [-0.05, 0) is 43.9 Å². The van der Waals surface area contributed by atoms with Crippen LogP contribution in [0.1, 0.15) is 30.9 Å². The van der Waals surface area contributed by atoms with E-state index < -0.39 is 0 Å². The van der Waals surface area contributed by atoms with Crippen LogP contribution in [-0.2, 0) is 16.0 Å². The Balaban J connectivity index is 0.00000392. The maximum absolute atomic E-state index is 5.76. The molecule has 1 aromatic carbocycles. The third-order valence-corrected chi connectivity index (χ3v) is 4.61. The van der Waals surface area contributed by atoms with E-state index in [9.17, 15) is 0 Å². The highest BCUT2D eigenvalue weighted by Gasteiger charge is 2.15. The Morgan fingerprint density at radius 1 is 1.32 bits per heavy atom. The summed E-state index contributed by atoms with van der Waals surface area (Å²) in [5, 5.41) is 6.72. The first-order chi connectivity index (χ1) is 13.1. The minimum atomic E-state index is 0. The highest BCUT2D eigenvalue weighted by Crippen LogP contribution is 2.21. The molecule has 1 atom stereocenters. The van der Waals surface area contributed by atoms with Gasteiger partial charge in [0.25, 0.3) is 0 Å². The van der Waals surface area contributed by atoms with Crippen molar-refractivity contribution >= 4 is 35.6 Å². The van der Waals surface area contributed by atoms with Gasteiger partial charge in [0.2, 0.25) is 0 Å². The largest absolute Gasteiger partial charge is 0.381 e. The second-order valence-corrected chi connectivity index (χ2v) is 7.31. The predicted octanol–water partition coefficient (Wildman–Crippen LogP) is 3.18. The molecule has 0 radical (unpaired) electrons. The fourth-order valence-electron chi connectivity index (χ4n) is 3.08. The average molecular weight is 504 g/mol. The van der Waals surface area contributed by atoms with Crippen LogP contribution in [0.5, 0.6) is 0 Å². The first-order valence-electron chi connectivity index (χ1n) is 10.0. The number of halogens is 1. The molecule has 0 bridgehead atoms. The summed E-state index contributed by atoms with van der Waals surface area (Å²) in [5.41, 5.74) is 3.71. The molecule has 6 nitrogen and oxygen atoms in total. The number of rotatable bonds is 10. The van der Waals surface area contributed by atoms with Crippen molar-refractivity contribution in [3.63, 3.8) is 0 Å². The van der Waals surface area contributed by atoms with Gasteiger partial charge in [0.15, 0.2) is 5.96 Å². The summed E-state index contributed by atoms with van der Waals surface area (Å²) in [7, 11) is 4.15. The summed E-state index contributed by atoms with van der Waals surface area (Å²) >= 11 is 0. The average Bonchev–Trinajstić information content (AvgIpc) is 3.16. The van der Waals surface area contributed by atoms with E-state index in [0.717, 1.165) is 58.3 Å². The third-order valence-electron chi connectivity index (χ3n) is 4.61. The Morgan fingerprint density at radius 3 is 2.82 bits per heavy atom. The van der Waals surface area contributed by atoms with E-state index in [1.165, 1.54) is 16.8 Å². The molecule has 1 aromatic rings. The van der Waals surface area contributed by atoms with Crippen molar-refractivity contribution in [1.82, 2.24) is 10.6 Å². The normalized spacial score (nSPS) is 16.6. The predicted molar refractivity (Wildman–Crippen MR) is 128 cm³/mol. The topological polar surface area (TPSA) is 58.1 Å². The lowest BCUT2D eigenvalue weighted by atomic mass is 10.1. The first-order valence-corrected chi connectivity index (χ1v) is 10.0. The van der Waals surface area contributed by atoms with Crippen molar-refractivity contribution in [3.8, 4) is 0 Å². The van der Waals surface area contributed by atoms with Crippen molar-refractivity contribution in [1.29, 1.82) is 0 Å². The number of guanidine groups is 1. The second kappa shape index (κ2) is 14.0. The van der Waals surface area contributed by atoms with Gasteiger partial charge < -0.3 is 25.0 Å². The third kappa shape index (κ3) is 8.96. The van der Waals surface area contributed by atoms with Crippen LogP contribution >= 0.6 is 24.0 Å². The molecule has 1 unspecified atom stereocenters. The Hall–Kier alpha value is -1.06. The molecule has 7 heteroatoms. The molecule has 0 aromatic heterocycles. The number of anilines is 1. The molecule has 0 aliphatic carbocycles. The van der Waals surface area contributed by atoms with Gasteiger partial charge in [-0.25, -0.2) is 4.99 Å². The highest BCUT2D eigenvalue weighted by molar-refractivity contribution is 14.0. The van der Waals surface area contributed by atoms with Gasteiger partial charge in [-0.15, -0.1) is 24.0 Å². The van der Waals surface area contributed by atoms with Crippen molar-refractivity contribution in [2.24, 2.45) is 10.9 Å². The zero-order chi connectivity index (χ0) is 19.5. The van der Waals surface area contributed by atoms with Gasteiger partial charge in [0.05, 0.1) is 19.8 Å². The Labute approximate surface area is 187 Å². The molecule has 160 valence electrons. The van der Waals surface area contributed by atoms with Crippen LogP contribution in [0.2, 0.25) is 0 Å². The standard InChI is InChI=1S/C21H36N4O2.HI/c1-5-22-21(23-10-6-11-26-15-18-9-12-27-16-18)24-14-19-8-7-17(2)13-20(19)25(3)4;/h7-8,13,18H,5-6,9-12,14-16H2,1-4H3,(H2,22,23,24);1H. The summed E-state index contributed by atoms with van der Waals surface area (Å²) in [6, 6.07) is 6.52. The van der Waals surface area contributed by atoms with E-state index in [-0.39, 0.29) is 24.0 Å². The fraction of sp³-hybridized carbons (Fsp3) is 0.667. The Bertz CT molecular complexity index is 590. The molecule has 1 aliphatic heterocycles. The zero-order valence-electron chi connectivity index (χ0n) is 17.8. The van der Waals surface area contributed by atoms with Gasteiger partial charge >= 0.3 is 0 Å². The molecular weight excluding hydrogens is 467 g/mol. The van der Waals surface area contributed by atoms with Crippen LogP contribution in [0.4, 0.5) is 5.69 Å². The van der Waals surface area contributed by atoms with E-state index in [2.05, 4.69) is 61.7 Å². The van der Waals surface area contributed by atoms with E-state index in [1.54, 1.807) is 0 Å².